The highest BCUT2D eigenvalue weighted by Crippen LogP contribution is 2.03. The number of rotatable bonds is 4. The molecule has 0 saturated carbocycles. The molecule has 4 nitrogen and oxygen atoms in total. The van der Waals surface area contributed by atoms with Crippen LogP contribution in [0.2, 0.25) is 0 Å². The number of unbranched alkanes of at least 4 members (excludes halogenated alkanes) is 1. The van der Waals surface area contributed by atoms with Gasteiger partial charge in [0.15, 0.2) is 5.82 Å². The van der Waals surface area contributed by atoms with Crippen LogP contribution in [0.15, 0.2) is 0 Å². The Kier molecular flexibility index (Phi) is 3.22. The first kappa shape index (κ1) is 9.19. The number of hydrogen-bond acceptors (Lipinski definition) is 3. The van der Waals surface area contributed by atoms with E-state index in [1.165, 1.54) is 0 Å². The summed E-state index contributed by atoms with van der Waals surface area (Å²) in [5.74, 6) is 1.60. The largest absolute Gasteiger partial charge is 0.388 e. The normalized spacial score (nSPS) is 10.6. The molecule has 1 N–H and O–H groups in total. The van der Waals surface area contributed by atoms with E-state index in [0.717, 1.165) is 25.1 Å². The lowest BCUT2D eigenvalue weighted by molar-refractivity contribution is 0.266. The zero-order valence-electron chi connectivity index (χ0n) is 7.62. The van der Waals surface area contributed by atoms with Crippen LogP contribution in [0.1, 0.15) is 31.4 Å². The number of aliphatic hydroxyl groups is 1. The molecule has 4 heteroatoms. The topological polar surface area (TPSA) is 50.9 Å². The smallest absolute Gasteiger partial charge is 0.158 e. The predicted molar refractivity (Wildman–Crippen MR) is 45.5 cm³/mol. The molecule has 0 radical (unpaired) electrons. The lowest BCUT2D eigenvalue weighted by atomic mass is 10.2. The van der Waals surface area contributed by atoms with Crippen LogP contribution in [0.25, 0.3) is 0 Å². The zero-order valence-corrected chi connectivity index (χ0v) is 7.62. The summed E-state index contributed by atoms with van der Waals surface area (Å²) in [6, 6.07) is 0. The number of aliphatic hydroxyl groups excluding tert-OH is 1. The number of aromatic nitrogens is 3. The Morgan fingerprint density at radius 1 is 1.33 bits per heavy atom. The van der Waals surface area contributed by atoms with Crippen LogP contribution in [0.3, 0.4) is 0 Å². The third kappa shape index (κ3) is 1.82. The minimum atomic E-state index is -0.0321. The zero-order chi connectivity index (χ0) is 8.97. The predicted octanol–water partition coefficient (Wildman–Crippen LogP) is 0.650. The molecule has 1 aromatic heterocycles. The Morgan fingerprint density at radius 3 is 2.50 bits per heavy atom. The summed E-state index contributed by atoms with van der Waals surface area (Å²) in [7, 11) is 1.89. The Balaban J connectivity index is 2.66. The lowest BCUT2D eigenvalue weighted by Crippen LogP contribution is -2.02. The number of nitrogens with zero attached hydrogens (tertiary/aromatic N) is 3. The van der Waals surface area contributed by atoms with Crippen molar-refractivity contribution in [3.63, 3.8) is 0 Å². The van der Waals surface area contributed by atoms with Crippen molar-refractivity contribution in [3.05, 3.63) is 11.6 Å². The molecular formula is C8H15N3O. The van der Waals surface area contributed by atoms with Crippen LogP contribution in [0, 0.1) is 0 Å². The summed E-state index contributed by atoms with van der Waals surface area (Å²) in [4.78, 5) is 0. The van der Waals surface area contributed by atoms with E-state index in [1.807, 2.05) is 11.6 Å². The highest BCUT2D eigenvalue weighted by molar-refractivity contribution is 4.93. The van der Waals surface area contributed by atoms with Gasteiger partial charge in [0.2, 0.25) is 0 Å². The van der Waals surface area contributed by atoms with Gasteiger partial charge in [-0.15, -0.1) is 10.2 Å². The Labute approximate surface area is 72.2 Å². The number of aryl methyl sites for hydroxylation is 1. The van der Waals surface area contributed by atoms with Crippen LogP contribution in [-0.2, 0) is 20.1 Å². The van der Waals surface area contributed by atoms with Crippen LogP contribution in [0.4, 0.5) is 0 Å². The average molecular weight is 169 g/mol. The third-order valence-corrected chi connectivity index (χ3v) is 1.95. The van der Waals surface area contributed by atoms with Crippen molar-refractivity contribution in [2.45, 2.75) is 32.8 Å². The standard InChI is InChI=1S/C8H15N3O/c1-3-4-5-7-9-10-8(6-12)11(7)2/h12H,3-6H2,1-2H3. The van der Waals surface area contributed by atoms with E-state index in [0.29, 0.717) is 5.82 Å². The van der Waals surface area contributed by atoms with Gasteiger partial charge in [-0.3, -0.25) is 0 Å². The van der Waals surface area contributed by atoms with Gasteiger partial charge in [-0.2, -0.15) is 0 Å². The van der Waals surface area contributed by atoms with Gasteiger partial charge in [-0.1, -0.05) is 13.3 Å². The van der Waals surface area contributed by atoms with Gasteiger partial charge in [0.1, 0.15) is 12.4 Å². The molecule has 0 aliphatic rings. The molecule has 1 aromatic rings. The van der Waals surface area contributed by atoms with Crippen LogP contribution in [-0.4, -0.2) is 19.9 Å². The highest BCUT2D eigenvalue weighted by Gasteiger charge is 2.05. The third-order valence-electron chi connectivity index (χ3n) is 1.95. The average Bonchev–Trinajstić information content (AvgIpc) is 2.43. The Morgan fingerprint density at radius 2 is 2.00 bits per heavy atom. The summed E-state index contributed by atoms with van der Waals surface area (Å²) in [5, 5.41) is 16.7. The van der Waals surface area contributed by atoms with Crippen molar-refractivity contribution in [3.8, 4) is 0 Å². The second-order valence-corrected chi connectivity index (χ2v) is 2.85. The molecule has 0 unspecified atom stereocenters. The number of hydrogen-bond donors (Lipinski definition) is 1. The fourth-order valence-corrected chi connectivity index (χ4v) is 1.09. The fourth-order valence-electron chi connectivity index (χ4n) is 1.09. The maximum absolute atomic E-state index is 8.83. The quantitative estimate of drug-likeness (QED) is 0.720. The molecule has 0 atom stereocenters. The van der Waals surface area contributed by atoms with Crippen molar-refractivity contribution in [2.75, 3.05) is 0 Å². The monoisotopic (exact) mass is 169 g/mol. The van der Waals surface area contributed by atoms with E-state index < -0.39 is 0 Å². The minimum absolute atomic E-state index is 0.0321. The molecule has 0 saturated heterocycles. The maximum atomic E-state index is 8.83. The van der Waals surface area contributed by atoms with Crippen molar-refractivity contribution < 1.29 is 5.11 Å². The van der Waals surface area contributed by atoms with Crippen molar-refractivity contribution in [1.82, 2.24) is 14.8 Å². The summed E-state index contributed by atoms with van der Waals surface area (Å²) >= 11 is 0. The molecule has 1 rings (SSSR count). The molecule has 1 heterocycles. The van der Waals surface area contributed by atoms with E-state index in [9.17, 15) is 0 Å². The second-order valence-electron chi connectivity index (χ2n) is 2.85. The van der Waals surface area contributed by atoms with Gasteiger partial charge in [0.25, 0.3) is 0 Å². The Bertz CT molecular complexity index is 244. The highest BCUT2D eigenvalue weighted by atomic mass is 16.3. The molecular weight excluding hydrogens is 154 g/mol. The Hall–Kier alpha value is -0.900. The van der Waals surface area contributed by atoms with Crippen molar-refractivity contribution in [2.24, 2.45) is 7.05 Å². The second kappa shape index (κ2) is 4.21. The SMILES string of the molecule is CCCCc1nnc(CO)n1C. The summed E-state index contributed by atoms with van der Waals surface area (Å²) in [6.07, 6.45) is 3.22. The summed E-state index contributed by atoms with van der Waals surface area (Å²) in [5.41, 5.74) is 0. The van der Waals surface area contributed by atoms with Crippen LogP contribution >= 0.6 is 0 Å². The first-order valence-electron chi connectivity index (χ1n) is 4.27. The lowest BCUT2D eigenvalue weighted by Gasteiger charge is -2.00. The van der Waals surface area contributed by atoms with Gasteiger partial charge >= 0.3 is 0 Å². The van der Waals surface area contributed by atoms with Crippen molar-refractivity contribution in [1.29, 1.82) is 0 Å². The van der Waals surface area contributed by atoms with E-state index in [2.05, 4.69) is 17.1 Å². The van der Waals surface area contributed by atoms with Gasteiger partial charge in [0, 0.05) is 13.5 Å². The maximum Gasteiger partial charge on any atom is 0.158 e. The van der Waals surface area contributed by atoms with Gasteiger partial charge in [-0.25, -0.2) is 0 Å². The van der Waals surface area contributed by atoms with Gasteiger partial charge in [-0.05, 0) is 6.42 Å². The molecule has 0 fully saturated rings. The molecule has 0 amide bonds. The molecule has 68 valence electrons. The molecule has 0 aliphatic carbocycles. The van der Waals surface area contributed by atoms with Crippen LogP contribution < -0.4 is 0 Å². The molecule has 0 bridgehead atoms. The summed E-state index contributed by atoms with van der Waals surface area (Å²) in [6.45, 7) is 2.11. The van der Waals surface area contributed by atoms with E-state index >= 15 is 0 Å². The van der Waals surface area contributed by atoms with Gasteiger partial charge in [0.05, 0.1) is 0 Å². The van der Waals surface area contributed by atoms with E-state index in [4.69, 9.17) is 5.11 Å². The van der Waals surface area contributed by atoms with E-state index in [-0.39, 0.29) is 6.61 Å². The minimum Gasteiger partial charge on any atom is -0.388 e. The molecule has 12 heavy (non-hydrogen) atoms. The first-order valence-corrected chi connectivity index (χ1v) is 4.27. The van der Waals surface area contributed by atoms with E-state index in [1.54, 1.807) is 0 Å². The fraction of sp³-hybridized carbons (Fsp3) is 0.750. The first-order chi connectivity index (χ1) is 5.79. The van der Waals surface area contributed by atoms with Crippen LogP contribution in [0.5, 0.6) is 0 Å². The molecule has 0 aromatic carbocycles. The summed E-state index contributed by atoms with van der Waals surface area (Å²) < 4.78 is 1.86. The van der Waals surface area contributed by atoms with Gasteiger partial charge < -0.3 is 9.67 Å². The molecule has 0 spiro atoms. The van der Waals surface area contributed by atoms with Crippen molar-refractivity contribution >= 4 is 0 Å². The molecule has 0 aliphatic heterocycles.